The number of thiazole rings is 1. The van der Waals surface area contributed by atoms with Gasteiger partial charge in [0.05, 0.1) is 28.2 Å². The Morgan fingerprint density at radius 3 is 2.88 bits per heavy atom. The number of carbonyl (C=O) groups is 1. The first-order chi connectivity index (χ1) is 11.1. The molecule has 2 atom stereocenters. The third-order valence-electron chi connectivity index (χ3n) is 4.24. The van der Waals surface area contributed by atoms with E-state index in [1.807, 2.05) is 26.0 Å². The number of phenolic OH excluding ortho intramolecular Hbond substituents is 1. The smallest absolute Gasteiger partial charge is 0.237 e. The first-order valence-electron chi connectivity index (χ1n) is 7.83. The van der Waals surface area contributed by atoms with Crippen molar-refractivity contribution in [2.45, 2.75) is 38.8 Å². The fourth-order valence-electron chi connectivity index (χ4n) is 2.93. The second-order valence-electron chi connectivity index (χ2n) is 5.92. The molecule has 2 aromatic rings. The average molecular weight is 368 g/mol. The number of rotatable bonds is 4. The number of hydrogen-bond donors (Lipinski definition) is 3. The van der Waals surface area contributed by atoms with E-state index in [1.54, 1.807) is 22.9 Å². The summed E-state index contributed by atoms with van der Waals surface area (Å²) in [5, 5.41) is 16.5. The Balaban J connectivity index is 0.00000208. The van der Waals surface area contributed by atoms with Crippen LogP contribution in [-0.4, -0.2) is 28.6 Å². The number of aromatic nitrogens is 1. The number of carbonyl (C=O) groups excluding carboxylic acids is 1. The first kappa shape index (κ1) is 18.7. The molecule has 1 aliphatic heterocycles. The van der Waals surface area contributed by atoms with Crippen LogP contribution < -0.4 is 10.6 Å². The lowest BCUT2D eigenvalue weighted by Crippen LogP contribution is -2.41. The number of aryl methyl sites for hydroxylation is 1. The molecule has 3 N–H and O–H groups in total. The third kappa shape index (κ3) is 3.88. The van der Waals surface area contributed by atoms with Gasteiger partial charge in [-0.3, -0.25) is 4.79 Å². The average Bonchev–Trinajstić information content (AvgIpc) is 3.18. The molecule has 7 heteroatoms. The summed E-state index contributed by atoms with van der Waals surface area (Å²) >= 11 is 1.55. The lowest BCUT2D eigenvalue weighted by molar-refractivity contribution is -0.123. The number of amides is 1. The summed E-state index contributed by atoms with van der Waals surface area (Å²) < 4.78 is 0. The van der Waals surface area contributed by atoms with Crippen molar-refractivity contribution < 1.29 is 9.90 Å². The molecule has 5 nitrogen and oxygen atoms in total. The highest BCUT2D eigenvalue weighted by molar-refractivity contribution is 7.13. The quantitative estimate of drug-likeness (QED) is 0.775. The second-order valence-corrected chi connectivity index (χ2v) is 6.77. The molecule has 130 valence electrons. The lowest BCUT2D eigenvalue weighted by Gasteiger charge is -2.19. The summed E-state index contributed by atoms with van der Waals surface area (Å²) in [7, 11) is 0. The first-order valence-corrected chi connectivity index (χ1v) is 8.71. The molecule has 1 unspecified atom stereocenters. The maximum Gasteiger partial charge on any atom is 0.237 e. The van der Waals surface area contributed by atoms with Crippen molar-refractivity contribution >= 4 is 29.7 Å². The van der Waals surface area contributed by atoms with E-state index in [0.717, 1.165) is 41.1 Å². The van der Waals surface area contributed by atoms with Gasteiger partial charge in [0.1, 0.15) is 5.75 Å². The summed E-state index contributed by atoms with van der Waals surface area (Å²) in [6.45, 7) is 4.73. The Labute approximate surface area is 151 Å². The summed E-state index contributed by atoms with van der Waals surface area (Å²) in [6, 6.07) is 5.23. The second kappa shape index (κ2) is 7.96. The van der Waals surface area contributed by atoms with Crippen LogP contribution in [-0.2, 0) is 4.79 Å². The van der Waals surface area contributed by atoms with E-state index in [2.05, 4.69) is 15.6 Å². The summed E-state index contributed by atoms with van der Waals surface area (Å²) in [5.41, 5.74) is 4.42. The van der Waals surface area contributed by atoms with Gasteiger partial charge < -0.3 is 15.7 Å². The molecule has 1 aliphatic rings. The fourth-order valence-corrected chi connectivity index (χ4v) is 3.73. The van der Waals surface area contributed by atoms with Gasteiger partial charge in [-0.15, -0.1) is 23.7 Å². The monoisotopic (exact) mass is 367 g/mol. The van der Waals surface area contributed by atoms with Gasteiger partial charge in [-0.05, 0) is 44.9 Å². The van der Waals surface area contributed by atoms with Gasteiger partial charge in [0, 0.05) is 5.56 Å². The number of hydrogen-bond acceptors (Lipinski definition) is 5. The van der Waals surface area contributed by atoms with E-state index in [0.29, 0.717) is 0 Å². The van der Waals surface area contributed by atoms with E-state index >= 15 is 0 Å². The molecule has 0 saturated carbocycles. The molecule has 0 bridgehead atoms. The van der Waals surface area contributed by atoms with Crippen LogP contribution in [0.4, 0.5) is 0 Å². The summed E-state index contributed by atoms with van der Waals surface area (Å²) in [6.07, 6.45) is 1.90. The SMILES string of the molecule is Cc1ncsc1-c1ccc([C@H](C)NC(=O)C2CCCN2)c(O)c1.Cl. The van der Waals surface area contributed by atoms with E-state index in [1.165, 1.54) is 0 Å². The van der Waals surface area contributed by atoms with Crippen molar-refractivity contribution in [3.63, 3.8) is 0 Å². The van der Waals surface area contributed by atoms with Gasteiger partial charge in [-0.2, -0.15) is 0 Å². The lowest BCUT2D eigenvalue weighted by atomic mass is 10.0. The van der Waals surface area contributed by atoms with E-state index in [9.17, 15) is 9.90 Å². The van der Waals surface area contributed by atoms with Gasteiger partial charge in [0.25, 0.3) is 0 Å². The molecule has 0 aliphatic carbocycles. The molecule has 1 aromatic heterocycles. The molecule has 1 amide bonds. The van der Waals surface area contributed by atoms with Gasteiger partial charge in [-0.1, -0.05) is 12.1 Å². The Bertz CT molecular complexity index is 714. The standard InChI is InChI=1S/C17H21N3O2S.ClH/c1-10(20-17(22)14-4-3-7-18-14)13-6-5-12(8-15(13)21)16-11(2)19-9-23-16;/h5-6,8-10,14,18,21H,3-4,7H2,1-2H3,(H,20,22);1H/t10-,14?;/m0./s1. The molecular formula is C17H22ClN3O2S. The Hall–Kier alpha value is -1.63. The molecule has 0 spiro atoms. The minimum absolute atomic E-state index is 0. The zero-order chi connectivity index (χ0) is 16.4. The number of nitrogens with zero attached hydrogens (tertiary/aromatic N) is 1. The van der Waals surface area contributed by atoms with Crippen LogP contribution in [0.1, 0.15) is 37.1 Å². The molecular weight excluding hydrogens is 346 g/mol. The van der Waals surface area contributed by atoms with Crippen molar-refractivity contribution in [3.05, 3.63) is 35.0 Å². The minimum Gasteiger partial charge on any atom is -0.508 e. The van der Waals surface area contributed by atoms with Gasteiger partial charge in [0.15, 0.2) is 0 Å². The number of phenols is 1. The molecule has 1 fully saturated rings. The highest BCUT2D eigenvalue weighted by Crippen LogP contribution is 2.33. The van der Waals surface area contributed by atoms with Crippen LogP contribution in [0.3, 0.4) is 0 Å². The van der Waals surface area contributed by atoms with Gasteiger partial charge in [-0.25, -0.2) is 4.98 Å². The highest BCUT2D eigenvalue weighted by atomic mass is 35.5. The van der Waals surface area contributed by atoms with Gasteiger partial charge >= 0.3 is 0 Å². The van der Waals surface area contributed by atoms with Crippen molar-refractivity contribution in [1.29, 1.82) is 0 Å². The summed E-state index contributed by atoms with van der Waals surface area (Å²) in [4.78, 5) is 17.5. The fraction of sp³-hybridized carbons (Fsp3) is 0.412. The molecule has 1 aromatic carbocycles. The number of halogens is 1. The number of benzene rings is 1. The van der Waals surface area contributed by atoms with Crippen LogP contribution in [0.25, 0.3) is 10.4 Å². The molecule has 1 saturated heterocycles. The maximum absolute atomic E-state index is 12.2. The van der Waals surface area contributed by atoms with E-state index in [-0.39, 0.29) is 36.1 Å². The topological polar surface area (TPSA) is 74.2 Å². The number of nitrogens with one attached hydrogen (secondary N) is 2. The molecule has 0 radical (unpaired) electrons. The van der Waals surface area contributed by atoms with E-state index < -0.39 is 0 Å². The predicted octanol–water partition coefficient (Wildman–Crippen LogP) is 3.18. The summed E-state index contributed by atoms with van der Waals surface area (Å²) in [5.74, 6) is 0.194. The Morgan fingerprint density at radius 2 is 2.29 bits per heavy atom. The third-order valence-corrected chi connectivity index (χ3v) is 5.22. The van der Waals surface area contributed by atoms with Crippen LogP contribution >= 0.6 is 23.7 Å². The molecule has 3 rings (SSSR count). The molecule has 2 heterocycles. The van der Waals surface area contributed by atoms with Gasteiger partial charge in [0.2, 0.25) is 5.91 Å². The van der Waals surface area contributed by atoms with Crippen LogP contribution in [0.5, 0.6) is 5.75 Å². The van der Waals surface area contributed by atoms with Crippen LogP contribution in [0.15, 0.2) is 23.7 Å². The normalized spacial score (nSPS) is 18.0. The van der Waals surface area contributed by atoms with Crippen LogP contribution in [0, 0.1) is 6.92 Å². The van der Waals surface area contributed by atoms with Crippen molar-refractivity contribution in [1.82, 2.24) is 15.6 Å². The van der Waals surface area contributed by atoms with Crippen LogP contribution in [0.2, 0.25) is 0 Å². The Kier molecular flexibility index (Phi) is 6.21. The highest BCUT2D eigenvalue weighted by Gasteiger charge is 2.24. The molecule has 24 heavy (non-hydrogen) atoms. The zero-order valence-electron chi connectivity index (χ0n) is 13.7. The van der Waals surface area contributed by atoms with Crippen molar-refractivity contribution in [2.24, 2.45) is 0 Å². The Morgan fingerprint density at radius 1 is 1.50 bits per heavy atom. The zero-order valence-corrected chi connectivity index (χ0v) is 15.3. The number of aromatic hydroxyl groups is 1. The minimum atomic E-state index is -0.235. The maximum atomic E-state index is 12.2. The van der Waals surface area contributed by atoms with Crippen molar-refractivity contribution in [2.75, 3.05) is 6.54 Å². The van der Waals surface area contributed by atoms with Crippen molar-refractivity contribution in [3.8, 4) is 16.2 Å². The van der Waals surface area contributed by atoms with E-state index in [4.69, 9.17) is 0 Å². The predicted molar refractivity (Wildman–Crippen MR) is 98.8 cm³/mol. The largest absolute Gasteiger partial charge is 0.508 e.